The number of phenolic OH excluding ortho intramolecular Hbond substituents is 1. The Labute approximate surface area is 243 Å². The van der Waals surface area contributed by atoms with Crippen molar-refractivity contribution in [1.29, 1.82) is 0 Å². The SMILES string of the molecule is COc1cc(O)c2c(=O)c(-c3ccc(O[C@H]4O[C@@H](CO[C@@H]5OC[C@@](O)(CO)[C@@H]5O)[C@H](O)[C@@H](O)[C@@H]4O)c(OC)c3)coc2c1. The van der Waals surface area contributed by atoms with E-state index >= 15 is 0 Å². The van der Waals surface area contributed by atoms with Gasteiger partial charge in [0.15, 0.2) is 17.8 Å². The number of phenols is 1. The van der Waals surface area contributed by atoms with Crippen LogP contribution in [-0.2, 0) is 14.2 Å². The van der Waals surface area contributed by atoms with Gasteiger partial charge in [0, 0.05) is 12.1 Å². The van der Waals surface area contributed by atoms with Crippen molar-refractivity contribution in [3.8, 4) is 34.1 Å². The predicted molar refractivity (Wildman–Crippen MR) is 144 cm³/mol. The molecule has 15 nitrogen and oxygen atoms in total. The van der Waals surface area contributed by atoms with Crippen LogP contribution in [0.4, 0.5) is 0 Å². The van der Waals surface area contributed by atoms with E-state index in [-0.39, 0.29) is 33.8 Å². The Kier molecular flexibility index (Phi) is 8.80. The van der Waals surface area contributed by atoms with Gasteiger partial charge in [0.2, 0.25) is 11.7 Å². The number of hydrogen-bond donors (Lipinski definition) is 7. The van der Waals surface area contributed by atoms with Crippen molar-refractivity contribution in [2.75, 3.05) is 34.0 Å². The van der Waals surface area contributed by atoms with Crippen molar-refractivity contribution >= 4 is 11.0 Å². The Morgan fingerprint density at radius 1 is 0.977 bits per heavy atom. The van der Waals surface area contributed by atoms with Crippen LogP contribution in [-0.4, -0.2) is 118 Å². The lowest BCUT2D eigenvalue weighted by atomic mass is 9.99. The molecule has 2 aliphatic rings. The second-order valence-corrected chi connectivity index (χ2v) is 10.2. The molecule has 2 saturated heterocycles. The predicted octanol–water partition coefficient (Wildman–Crippen LogP) is -1.17. The first kappa shape index (κ1) is 30.9. The van der Waals surface area contributed by atoms with Crippen LogP contribution in [0.15, 0.2) is 45.8 Å². The molecule has 0 aliphatic carbocycles. The first-order valence-corrected chi connectivity index (χ1v) is 13.1. The van der Waals surface area contributed by atoms with Crippen molar-refractivity contribution in [2.24, 2.45) is 0 Å². The number of aliphatic hydroxyl groups excluding tert-OH is 5. The summed E-state index contributed by atoms with van der Waals surface area (Å²) in [5.74, 6) is 0.128. The molecule has 2 aromatic carbocycles. The van der Waals surface area contributed by atoms with Gasteiger partial charge in [-0.25, -0.2) is 0 Å². The topological polar surface area (TPSA) is 227 Å². The first-order valence-electron chi connectivity index (χ1n) is 13.1. The van der Waals surface area contributed by atoms with E-state index < -0.39 is 74.0 Å². The number of fused-ring (bicyclic) bond motifs is 1. The third kappa shape index (κ3) is 5.74. The molecular formula is C28H32O15. The summed E-state index contributed by atoms with van der Waals surface area (Å²) in [6.45, 7) is -1.63. The minimum atomic E-state index is -1.93. The summed E-state index contributed by atoms with van der Waals surface area (Å²) in [6, 6.07) is 7.13. The number of ether oxygens (including phenoxy) is 6. The molecule has 5 rings (SSSR count). The minimum absolute atomic E-state index is 0.0406. The van der Waals surface area contributed by atoms with Crippen molar-refractivity contribution < 1.29 is 68.6 Å². The zero-order chi connectivity index (χ0) is 31.1. The van der Waals surface area contributed by atoms with E-state index in [1.54, 1.807) is 0 Å². The fraction of sp³-hybridized carbons (Fsp3) is 0.464. The van der Waals surface area contributed by atoms with Crippen LogP contribution in [0.3, 0.4) is 0 Å². The summed E-state index contributed by atoms with van der Waals surface area (Å²) in [7, 11) is 2.74. The number of hydrogen-bond acceptors (Lipinski definition) is 15. The Morgan fingerprint density at radius 3 is 2.42 bits per heavy atom. The van der Waals surface area contributed by atoms with Crippen LogP contribution in [0.1, 0.15) is 0 Å². The fourth-order valence-electron chi connectivity index (χ4n) is 4.86. The number of benzene rings is 2. The first-order chi connectivity index (χ1) is 20.5. The van der Waals surface area contributed by atoms with Crippen molar-refractivity contribution in [3.05, 3.63) is 46.8 Å². The molecule has 0 bridgehead atoms. The van der Waals surface area contributed by atoms with Gasteiger partial charge in [-0.2, -0.15) is 0 Å². The lowest BCUT2D eigenvalue weighted by Crippen LogP contribution is -2.60. The van der Waals surface area contributed by atoms with Gasteiger partial charge in [0.1, 0.15) is 64.9 Å². The van der Waals surface area contributed by atoms with Crippen molar-refractivity contribution in [3.63, 3.8) is 0 Å². The van der Waals surface area contributed by atoms with Crippen LogP contribution in [0.2, 0.25) is 0 Å². The van der Waals surface area contributed by atoms with E-state index in [2.05, 4.69) is 0 Å². The highest BCUT2D eigenvalue weighted by atomic mass is 16.7. The summed E-state index contributed by atoms with van der Waals surface area (Å²) in [5.41, 5.74) is -1.87. The summed E-state index contributed by atoms with van der Waals surface area (Å²) >= 11 is 0. The minimum Gasteiger partial charge on any atom is -0.507 e. The maximum atomic E-state index is 13.2. The van der Waals surface area contributed by atoms with Crippen molar-refractivity contribution in [1.82, 2.24) is 0 Å². The zero-order valence-electron chi connectivity index (χ0n) is 23.0. The van der Waals surface area contributed by atoms with Gasteiger partial charge in [0.25, 0.3) is 0 Å². The molecule has 0 saturated carbocycles. The average Bonchev–Trinajstić information content (AvgIpc) is 3.30. The van der Waals surface area contributed by atoms with E-state index in [0.717, 1.165) is 0 Å². The van der Waals surface area contributed by atoms with Gasteiger partial charge in [-0.05, 0) is 17.7 Å². The molecule has 7 N–H and O–H groups in total. The Bertz CT molecular complexity index is 1510. The monoisotopic (exact) mass is 608 g/mol. The molecule has 15 heteroatoms. The molecule has 0 radical (unpaired) electrons. The number of aromatic hydroxyl groups is 1. The fourth-order valence-corrected chi connectivity index (χ4v) is 4.86. The molecule has 0 unspecified atom stereocenters. The molecule has 3 heterocycles. The molecule has 0 amide bonds. The molecular weight excluding hydrogens is 576 g/mol. The second kappa shape index (κ2) is 12.2. The molecule has 2 fully saturated rings. The maximum Gasteiger partial charge on any atom is 0.229 e. The molecule has 1 aromatic heterocycles. The standard InChI is InChI=1S/C28H32O15/c1-37-13-6-15(30)20-18(7-13)39-8-14(21(20)31)12-3-4-16(17(5-12)38-2)42-26-24(34)23(33)22(32)19(43-26)9-40-27-25(35)28(36,10-29)11-41-27/h3-8,19,22-27,29-30,32-36H,9-11H2,1-2H3/t19-,22-,23+,24-,25+,26-,27+,28-/m0/s1. The van der Waals surface area contributed by atoms with Gasteiger partial charge < -0.3 is 68.6 Å². The molecule has 8 atom stereocenters. The Hall–Kier alpha value is -3.51. The lowest BCUT2D eigenvalue weighted by Gasteiger charge is -2.40. The van der Waals surface area contributed by atoms with Gasteiger partial charge in [-0.3, -0.25) is 4.79 Å². The van der Waals surface area contributed by atoms with E-state index in [4.69, 9.17) is 32.8 Å². The molecule has 2 aliphatic heterocycles. The highest BCUT2D eigenvalue weighted by molar-refractivity contribution is 5.88. The summed E-state index contributed by atoms with van der Waals surface area (Å²) in [5, 5.41) is 71.4. The van der Waals surface area contributed by atoms with Gasteiger partial charge in [-0.15, -0.1) is 0 Å². The second-order valence-electron chi connectivity index (χ2n) is 10.2. The van der Waals surface area contributed by atoms with Gasteiger partial charge in [0.05, 0.1) is 39.6 Å². The summed E-state index contributed by atoms with van der Waals surface area (Å²) in [6.07, 6.45) is -9.61. The van der Waals surface area contributed by atoms with Gasteiger partial charge in [-0.1, -0.05) is 6.07 Å². The number of rotatable bonds is 9. The van der Waals surface area contributed by atoms with E-state index in [9.17, 15) is 40.5 Å². The summed E-state index contributed by atoms with van der Waals surface area (Å²) < 4.78 is 38.1. The summed E-state index contributed by atoms with van der Waals surface area (Å²) in [4.78, 5) is 13.2. The van der Waals surface area contributed by atoms with Crippen LogP contribution in [0, 0.1) is 0 Å². The zero-order valence-corrected chi connectivity index (χ0v) is 23.0. The van der Waals surface area contributed by atoms with E-state index in [0.29, 0.717) is 11.3 Å². The van der Waals surface area contributed by atoms with E-state index in [1.165, 1.54) is 50.8 Å². The molecule has 43 heavy (non-hydrogen) atoms. The van der Waals surface area contributed by atoms with Crippen LogP contribution in [0.25, 0.3) is 22.1 Å². The van der Waals surface area contributed by atoms with E-state index in [1.807, 2.05) is 0 Å². The number of methoxy groups -OCH3 is 2. The third-order valence-electron chi connectivity index (χ3n) is 7.46. The van der Waals surface area contributed by atoms with Crippen molar-refractivity contribution in [2.45, 2.75) is 48.7 Å². The Morgan fingerprint density at radius 2 is 1.74 bits per heavy atom. The quantitative estimate of drug-likeness (QED) is 0.152. The number of aliphatic hydroxyl groups is 6. The molecule has 0 spiro atoms. The van der Waals surface area contributed by atoms with Gasteiger partial charge >= 0.3 is 0 Å². The Balaban J connectivity index is 1.34. The maximum absolute atomic E-state index is 13.2. The largest absolute Gasteiger partial charge is 0.507 e. The van der Waals surface area contributed by atoms with Crippen LogP contribution < -0.4 is 19.6 Å². The van der Waals surface area contributed by atoms with Crippen LogP contribution in [0.5, 0.6) is 23.0 Å². The average molecular weight is 609 g/mol. The van der Waals surface area contributed by atoms with Crippen LogP contribution >= 0.6 is 0 Å². The third-order valence-corrected chi connectivity index (χ3v) is 7.46. The molecule has 3 aromatic rings. The smallest absolute Gasteiger partial charge is 0.229 e. The highest BCUT2D eigenvalue weighted by Crippen LogP contribution is 2.36. The lowest BCUT2D eigenvalue weighted by molar-refractivity contribution is -0.289. The normalized spacial score (nSPS) is 30.8. The molecule has 234 valence electrons. The highest BCUT2D eigenvalue weighted by Gasteiger charge is 2.50.